The number of hydrogen-bond donors (Lipinski definition) is 1. The van der Waals surface area contributed by atoms with Gasteiger partial charge in [-0.1, -0.05) is 76.2 Å². The largest absolute Gasteiger partial charge is 0.505 e. The number of phenols is 1. The lowest BCUT2D eigenvalue weighted by molar-refractivity contribution is 0.470. The smallest absolute Gasteiger partial charge is 0.145 e. The van der Waals surface area contributed by atoms with Crippen LogP contribution in [0.25, 0.3) is 22.2 Å². The van der Waals surface area contributed by atoms with Crippen LogP contribution in [0.2, 0.25) is 0 Å². The first-order valence-electron chi connectivity index (χ1n) is 12.9. The Morgan fingerprint density at radius 2 is 1.59 bits per heavy atom. The monoisotopic (exact) mass is 485 g/mol. The fourth-order valence-electron chi connectivity index (χ4n) is 5.58. The van der Waals surface area contributed by atoms with E-state index < -0.39 is 0 Å². The molecule has 5 aromatic rings. The number of para-hydroxylation sites is 1. The van der Waals surface area contributed by atoms with Crippen LogP contribution in [0.4, 0.5) is 17.2 Å². The average molecular weight is 486 g/mol. The molecular weight excluding hydrogens is 454 g/mol. The Morgan fingerprint density at radius 1 is 0.838 bits per heavy atom. The number of hydrogen-bond acceptors (Lipinski definition) is 4. The molecule has 0 fully saturated rings. The van der Waals surface area contributed by atoms with E-state index in [0.29, 0.717) is 5.52 Å². The second-order valence-corrected chi connectivity index (χ2v) is 10.8. The first kappa shape index (κ1) is 23.2. The molecule has 0 saturated carbocycles. The summed E-state index contributed by atoms with van der Waals surface area (Å²) in [6.07, 6.45) is 1.87. The van der Waals surface area contributed by atoms with Crippen LogP contribution < -0.4 is 4.90 Å². The molecular formula is C33H31N3O. The zero-order valence-electron chi connectivity index (χ0n) is 21.9. The summed E-state index contributed by atoms with van der Waals surface area (Å²) >= 11 is 0. The predicted octanol–water partition coefficient (Wildman–Crippen LogP) is 8.54. The van der Waals surface area contributed by atoms with Crippen LogP contribution >= 0.6 is 0 Å². The summed E-state index contributed by atoms with van der Waals surface area (Å²) in [4.78, 5) is 12.0. The maximum absolute atomic E-state index is 11.0. The van der Waals surface area contributed by atoms with Crippen molar-refractivity contribution in [2.24, 2.45) is 0 Å². The Labute approximate surface area is 218 Å². The molecule has 0 unspecified atom stereocenters. The van der Waals surface area contributed by atoms with Crippen molar-refractivity contribution in [2.45, 2.75) is 46.0 Å². The molecule has 0 saturated heterocycles. The quantitative estimate of drug-likeness (QED) is 0.278. The number of pyridine rings is 2. The number of nitrogens with zero attached hydrogens (tertiary/aromatic N) is 3. The number of rotatable bonds is 3. The van der Waals surface area contributed by atoms with Crippen molar-refractivity contribution in [3.8, 4) is 17.0 Å². The van der Waals surface area contributed by atoms with E-state index >= 15 is 0 Å². The van der Waals surface area contributed by atoms with Crippen LogP contribution in [-0.4, -0.2) is 15.1 Å². The zero-order chi connectivity index (χ0) is 25.9. The van der Waals surface area contributed by atoms with Crippen molar-refractivity contribution in [2.75, 3.05) is 4.90 Å². The molecule has 0 bridgehead atoms. The SMILES string of the molecule is Cc1ccnc(N2c3ccccc3C(C)(C)c3ccc(-c4ccc5ccc(C(C)C)c(O)c5n4)cc32)c1. The Balaban J connectivity index is 1.57. The van der Waals surface area contributed by atoms with E-state index in [1.54, 1.807) is 0 Å². The molecule has 1 N–H and O–H groups in total. The lowest BCUT2D eigenvalue weighted by atomic mass is 9.73. The maximum Gasteiger partial charge on any atom is 0.145 e. The van der Waals surface area contributed by atoms with Crippen LogP contribution in [-0.2, 0) is 5.41 Å². The third-order valence-corrected chi connectivity index (χ3v) is 7.64. The number of phenolic OH excluding ortho intramolecular Hbond substituents is 1. The highest BCUT2D eigenvalue weighted by atomic mass is 16.3. The van der Waals surface area contributed by atoms with Crippen molar-refractivity contribution >= 4 is 28.1 Å². The van der Waals surface area contributed by atoms with Gasteiger partial charge in [-0.15, -0.1) is 0 Å². The van der Waals surface area contributed by atoms with Gasteiger partial charge in [-0.2, -0.15) is 0 Å². The first-order chi connectivity index (χ1) is 17.8. The molecule has 2 aromatic heterocycles. The Bertz CT molecular complexity index is 1670. The first-order valence-corrected chi connectivity index (χ1v) is 12.9. The van der Waals surface area contributed by atoms with Crippen LogP contribution in [0.15, 0.2) is 85.1 Å². The van der Waals surface area contributed by atoms with Gasteiger partial charge < -0.3 is 5.11 Å². The maximum atomic E-state index is 11.0. The number of benzene rings is 3. The molecule has 3 aromatic carbocycles. The summed E-state index contributed by atoms with van der Waals surface area (Å²) in [6, 6.07) is 27.4. The number of aryl methyl sites for hydroxylation is 1. The second kappa shape index (κ2) is 8.45. The van der Waals surface area contributed by atoms with Crippen LogP contribution in [0.5, 0.6) is 5.75 Å². The van der Waals surface area contributed by atoms with Gasteiger partial charge in [0.25, 0.3) is 0 Å². The van der Waals surface area contributed by atoms with Crippen molar-refractivity contribution in [1.29, 1.82) is 0 Å². The fraction of sp³-hybridized carbons (Fsp3) is 0.212. The highest BCUT2D eigenvalue weighted by Crippen LogP contribution is 2.52. The lowest BCUT2D eigenvalue weighted by Crippen LogP contribution is -2.31. The van der Waals surface area contributed by atoms with E-state index in [9.17, 15) is 5.11 Å². The minimum absolute atomic E-state index is 0.175. The van der Waals surface area contributed by atoms with Crippen molar-refractivity contribution in [3.05, 3.63) is 107 Å². The van der Waals surface area contributed by atoms with Gasteiger partial charge in [-0.3, -0.25) is 4.90 Å². The summed E-state index contributed by atoms with van der Waals surface area (Å²) < 4.78 is 0. The van der Waals surface area contributed by atoms with Crippen LogP contribution in [0.3, 0.4) is 0 Å². The molecule has 37 heavy (non-hydrogen) atoms. The summed E-state index contributed by atoms with van der Waals surface area (Å²) in [5, 5.41) is 11.9. The standard InChI is InChI=1S/C33H31N3O/c1-20(2)24-13-10-22-12-15-27(35-31(22)32(24)37)23-11-14-26-29(19-23)36(30-18-21(3)16-17-34-30)28-9-7-6-8-25(28)33(26,4)5/h6-20,37H,1-5H3. The Hall–Kier alpha value is -4.18. The molecule has 3 heterocycles. The van der Waals surface area contributed by atoms with Gasteiger partial charge in [-0.05, 0) is 65.4 Å². The van der Waals surface area contributed by atoms with Gasteiger partial charge in [0, 0.05) is 22.6 Å². The van der Waals surface area contributed by atoms with E-state index in [-0.39, 0.29) is 17.1 Å². The van der Waals surface area contributed by atoms with E-state index in [1.807, 2.05) is 36.5 Å². The third-order valence-electron chi connectivity index (χ3n) is 7.64. The van der Waals surface area contributed by atoms with E-state index in [2.05, 4.69) is 88.0 Å². The Kier molecular flexibility index (Phi) is 5.30. The number of aromatic nitrogens is 2. The number of aromatic hydroxyl groups is 1. The van der Waals surface area contributed by atoms with Gasteiger partial charge in [0.1, 0.15) is 17.1 Å². The summed E-state index contributed by atoms with van der Waals surface area (Å²) in [6.45, 7) is 10.8. The Morgan fingerprint density at radius 3 is 2.38 bits per heavy atom. The second-order valence-electron chi connectivity index (χ2n) is 10.8. The molecule has 0 radical (unpaired) electrons. The highest BCUT2D eigenvalue weighted by molar-refractivity contribution is 5.90. The van der Waals surface area contributed by atoms with Gasteiger partial charge in [-0.25, -0.2) is 9.97 Å². The molecule has 184 valence electrons. The zero-order valence-corrected chi connectivity index (χ0v) is 21.9. The van der Waals surface area contributed by atoms with Crippen molar-refractivity contribution in [1.82, 2.24) is 9.97 Å². The molecule has 1 aliphatic heterocycles. The van der Waals surface area contributed by atoms with E-state index in [1.165, 1.54) is 11.1 Å². The molecule has 4 heteroatoms. The molecule has 0 spiro atoms. The fourth-order valence-corrected chi connectivity index (χ4v) is 5.58. The average Bonchev–Trinajstić information content (AvgIpc) is 2.88. The van der Waals surface area contributed by atoms with Crippen molar-refractivity contribution in [3.63, 3.8) is 0 Å². The van der Waals surface area contributed by atoms with Crippen LogP contribution in [0.1, 0.15) is 55.9 Å². The molecule has 0 aliphatic carbocycles. The van der Waals surface area contributed by atoms with Crippen LogP contribution in [0, 0.1) is 6.92 Å². The summed E-state index contributed by atoms with van der Waals surface area (Å²) in [7, 11) is 0. The topological polar surface area (TPSA) is 49.2 Å². The molecule has 1 aliphatic rings. The normalized spacial score (nSPS) is 14.1. The highest BCUT2D eigenvalue weighted by Gasteiger charge is 2.37. The van der Waals surface area contributed by atoms with Gasteiger partial charge in [0.2, 0.25) is 0 Å². The van der Waals surface area contributed by atoms with Gasteiger partial charge in [0.15, 0.2) is 0 Å². The van der Waals surface area contributed by atoms with Crippen molar-refractivity contribution < 1.29 is 5.11 Å². The molecule has 4 nitrogen and oxygen atoms in total. The minimum atomic E-state index is -0.175. The number of anilines is 3. The summed E-state index contributed by atoms with van der Waals surface area (Å²) in [5.74, 6) is 1.39. The molecule has 0 atom stereocenters. The van der Waals surface area contributed by atoms with E-state index in [4.69, 9.17) is 9.97 Å². The van der Waals surface area contributed by atoms with Gasteiger partial charge >= 0.3 is 0 Å². The lowest BCUT2D eigenvalue weighted by Gasteiger charge is -2.41. The minimum Gasteiger partial charge on any atom is -0.505 e. The summed E-state index contributed by atoms with van der Waals surface area (Å²) in [5.41, 5.74) is 9.13. The number of fused-ring (bicyclic) bond motifs is 3. The van der Waals surface area contributed by atoms with E-state index in [0.717, 1.165) is 45.0 Å². The molecule has 6 rings (SSSR count). The third kappa shape index (κ3) is 3.67. The predicted molar refractivity (Wildman–Crippen MR) is 152 cm³/mol. The molecule has 0 amide bonds. The van der Waals surface area contributed by atoms with Gasteiger partial charge in [0.05, 0.1) is 17.1 Å².